The zero-order valence-electron chi connectivity index (χ0n) is 12.5. The van der Waals surface area contributed by atoms with Gasteiger partial charge in [0.05, 0.1) is 6.10 Å². The van der Waals surface area contributed by atoms with Crippen LogP contribution in [-0.2, 0) is 4.79 Å². The van der Waals surface area contributed by atoms with Crippen molar-refractivity contribution < 1.29 is 9.90 Å². The lowest BCUT2D eigenvalue weighted by atomic mass is 9.69. The fourth-order valence-electron chi connectivity index (χ4n) is 4.42. The van der Waals surface area contributed by atoms with Crippen LogP contribution in [0.2, 0.25) is 0 Å². The maximum absolute atomic E-state index is 12.3. The van der Waals surface area contributed by atoms with E-state index in [0.717, 1.165) is 25.7 Å². The molecule has 2 fully saturated rings. The van der Waals surface area contributed by atoms with E-state index in [4.69, 9.17) is 0 Å². The summed E-state index contributed by atoms with van der Waals surface area (Å²) in [6.45, 7) is 1.76. The van der Waals surface area contributed by atoms with Crippen LogP contribution in [0.5, 0.6) is 0 Å². The second kappa shape index (κ2) is 6.88. The van der Waals surface area contributed by atoms with Gasteiger partial charge in [0.15, 0.2) is 0 Å². The molecule has 2 aliphatic rings. The molecule has 0 spiro atoms. The van der Waals surface area contributed by atoms with Gasteiger partial charge in [0.2, 0.25) is 0 Å². The van der Waals surface area contributed by atoms with Gasteiger partial charge < -0.3 is 5.11 Å². The molecule has 2 aliphatic carbocycles. The molecule has 0 amide bonds. The van der Waals surface area contributed by atoms with Gasteiger partial charge in [-0.1, -0.05) is 51.4 Å². The Morgan fingerprint density at radius 3 is 2.21 bits per heavy atom. The Morgan fingerprint density at radius 1 is 1.00 bits per heavy atom. The number of ketones is 1. The van der Waals surface area contributed by atoms with Crippen molar-refractivity contribution in [3.05, 3.63) is 0 Å². The van der Waals surface area contributed by atoms with Gasteiger partial charge in [-0.15, -0.1) is 0 Å². The molecule has 1 N–H and O–H groups in total. The van der Waals surface area contributed by atoms with Crippen molar-refractivity contribution in [1.29, 1.82) is 0 Å². The lowest BCUT2D eigenvalue weighted by Gasteiger charge is -2.33. The van der Waals surface area contributed by atoms with Crippen LogP contribution in [0.4, 0.5) is 0 Å². The van der Waals surface area contributed by atoms with Crippen molar-refractivity contribution in [3.63, 3.8) is 0 Å². The van der Waals surface area contributed by atoms with Gasteiger partial charge in [0.1, 0.15) is 5.78 Å². The average molecular weight is 266 g/mol. The van der Waals surface area contributed by atoms with Crippen molar-refractivity contribution in [1.82, 2.24) is 0 Å². The smallest absolute Gasteiger partial charge is 0.136 e. The van der Waals surface area contributed by atoms with E-state index >= 15 is 0 Å². The lowest BCUT2D eigenvalue weighted by molar-refractivity contribution is -0.129. The zero-order valence-corrected chi connectivity index (χ0v) is 12.5. The van der Waals surface area contributed by atoms with E-state index in [1.807, 2.05) is 0 Å². The van der Waals surface area contributed by atoms with E-state index < -0.39 is 0 Å². The Labute approximate surface area is 118 Å². The van der Waals surface area contributed by atoms with Crippen molar-refractivity contribution in [3.8, 4) is 0 Å². The molecule has 0 aliphatic heterocycles. The molecule has 19 heavy (non-hydrogen) atoms. The van der Waals surface area contributed by atoms with Crippen LogP contribution in [0.1, 0.15) is 84.0 Å². The molecular formula is C17H30O2. The van der Waals surface area contributed by atoms with E-state index in [1.54, 1.807) is 6.92 Å². The molecule has 2 saturated carbocycles. The molecule has 3 atom stereocenters. The first-order chi connectivity index (χ1) is 9.15. The summed E-state index contributed by atoms with van der Waals surface area (Å²) < 4.78 is 0. The lowest BCUT2D eigenvalue weighted by Crippen LogP contribution is -2.33. The van der Waals surface area contributed by atoms with Crippen molar-refractivity contribution in [2.24, 2.45) is 11.3 Å². The van der Waals surface area contributed by atoms with Crippen molar-refractivity contribution >= 4 is 5.78 Å². The summed E-state index contributed by atoms with van der Waals surface area (Å²) in [5.74, 6) is 0.783. The molecule has 0 bridgehead atoms. The minimum Gasteiger partial charge on any atom is -0.393 e. The summed E-state index contributed by atoms with van der Waals surface area (Å²) in [7, 11) is 0. The molecule has 0 aromatic heterocycles. The quantitative estimate of drug-likeness (QED) is 0.770. The van der Waals surface area contributed by atoms with Gasteiger partial charge in [0, 0.05) is 5.41 Å². The Hall–Kier alpha value is -0.370. The maximum Gasteiger partial charge on any atom is 0.136 e. The van der Waals surface area contributed by atoms with Gasteiger partial charge in [-0.05, 0) is 38.5 Å². The number of Topliss-reactive ketones (excluding diaryl/α,β-unsaturated/α-hetero) is 1. The predicted octanol–water partition coefficient (Wildman–Crippen LogP) is 4.25. The SMILES string of the molecule is CC(=O)[C@]12CCCCCCCCCC[C@H]1C[C@@H](O)C2. The molecule has 0 radical (unpaired) electrons. The minimum atomic E-state index is -0.237. The summed E-state index contributed by atoms with van der Waals surface area (Å²) in [4.78, 5) is 12.3. The van der Waals surface area contributed by atoms with Crippen molar-refractivity contribution in [2.45, 2.75) is 90.1 Å². The second-order valence-electron chi connectivity index (χ2n) is 6.87. The largest absolute Gasteiger partial charge is 0.393 e. The summed E-state index contributed by atoms with van der Waals surface area (Å²) in [6, 6.07) is 0. The number of aliphatic hydroxyl groups is 1. The van der Waals surface area contributed by atoms with E-state index in [-0.39, 0.29) is 11.5 Å². The molecule has 0 aromatic rings. The van der Waals surface area contributed by atoms with Crippen LogP contribution >= 0.6 is 0 Å². The molecule has 110 valence electrons. The third-order valence-electron chi connectivity index (χ3n) is 5.56. The number of rotatable bonds is 1. The highest BCUT2D eigenvalue weighted by Crippen LogP contribution is 2.50. The molecule has 2 heteroatoms. The topological polar surface area (TPSA) is 37.3 Å². The first-order valence-corrected chi connectivity index (χ1v) is 8.34. The third-order valence-corrected chi connectivity index (χ3v) is 5.56. The number of hydrogen-bond donors (Lipinski definition) is 1. The van der Waals surface area contributed by atoms with Crippen LogP contribution in [0, 0.1) is 11.3 Å². The van der Waals surface area contributed by atoms with Gasteiger partial charge in [0.25, 0.3) is 0 Å². The summed E-state index contributed by atoms with van der Waals surface area (Å²) in [5.41, 5.74) is -0.182. The fraction of sp³-hybridized carbons (Fsp3) is 0.941. The van der Waals surface area contributed by atoms with Gasteiger partial charge >= 0.3 is 0 Å². The highest BCUT2D eigenvalue weighted by atomic mass is 16.3. The van der Waals surface area contributed by atoms with Crippen LogP contribution < -0.4 is 0 Å². The first-order valence-electron chi connectivity index (χ1n) is 8.34. The molecule has 2 rings (SSSR count). The van der Waals surface area contributed by atoms with Gasteiger partial charge in [-0.3, -0.25) is 4.79 Å². The monoisotopic (exact) mass is 266 g/mol. The Kier molecular flexibility index (Phi) is 5.44. The first kappa shape index (κ1) is 15.0. The maximum atomic E-state index is 12.3. The highest BCUT2D eigenvalue weighted by molar-refractivity contribution is 5.83. The summed E-state index contributed by atoms with van der Waals surface area (Å²) >= 11 is 0. The second-order valence-corrected chi connectivity index (χ2v) is 6.87. The number of fused-ring (bicyclic) bond motifs is 1. The Balaban J connectivity index is 2.08. The van der Waals surface area contributed by atoms with Crippen molar-refractivity contribution in [2.75, 3.05) is 0 Å². The van der Waals surface area contributed by atoms with Crippen LogP contribution in [0.25, 0.3) is 0 Å². The number of carbonyl (C=O) groups is 1. The number of aliphatic hydroxyl groups excluding tert-OH is 1. The predicted molar refractivity (Wildman–Crippen MR) is 78.0 cm³/mol. The number of carbonyl (C=O) groups excluding carboxylic acids is 1. The molecule has 0 aromatic carbocycles. The molecule has 0 heterocycles. The van der Waals surface area contributed by atoms with Crippen LogP contribution in [-0.4, -0.2) is 17.0 Å². The number of hydrogen-bond acceptors (Lipinski definition) is 2. The molecule has 2 nitrogen and oxygen atoms in total. The van der Waals surface area contributed by atoms with Crippen LogP contribution in [0.15, 0.2) is 0 Å². The fourth-order valence-corrected chi connectivity index (χ4v) is 4.42. The minimum absolute atomic E-state index is 0.182. The molecule has 0 saturated heterocycles. The van der Waals surface area contributed by atoms with Crippen LogP contribution in [0.3, 0.4) is 0 Å². The third kappa shape index (κ3) is 3.59. The Bertz CT molecular complexity index is 300. The Morgan fingerprint density at radius 2 is 1.58 bits per heavy atom. The highest BCUT2D eigenvalue weighted by Gasteiger charge is 2.49. The average Bonchev–Trinajstić information content (AvgIpc) is 2.67. The van der Waals surface area contributed by atoms with E-state index in [0.29, 0.717) is 11.7 Å². The molecular weight excluding hydrogens is 236 g/mol. The van der Waals surface area contributed by atoms with Gasteiger partial charge in [-0.2, -0.15) is 0 Å². The van der Waals surface area contributed by atoms with E-state index in [2.05, 4.69) is 0 Å². The molecule has 0 unspecified atom stereocenters. The summed E-state index contributed by atoms with van der Waals surface area (Å²) in [6.07, 6.45) is 13.9. The van der Waals surface area contributed by atoms with Gasteiger partial charge in [-0.25, -0.2) is 0 Å². The van der Waals surface area contributed by atoms with E-state index in [9.17, 15) is 9.90 Å². The van der Waals surface area contributed by atoms with E-state index in [1.165, 1.54) is 51.4 Å². The summed E-state index contributed by atoms with van der Waals surface area (Å²) in [5, 5.41) is 10.1. The normalized spacial score (nSPS) is 38.0. The zero-order chi connectivity index (χ0) is 13.7. The standard InChI is InChI=1S/C17H30O2/c1-14(18)17-11-9-7-5-3-2-4-6-8-10-15(17)12-16(19)13-17/h15-16,19H,2-13H2,1H3/t15-,16+,17+/m0/s1.